The Hall–Kier alpha value is 0.708. The molecule has 8 heteroatoms. The van der Waals surface area contributed by atoms with E-state index in [0.29, 0.717) is 53.3 Å². The van der Waals surface area contributed by atoms with Crippen LogP contribution in [0.2, 0.25) is 78.6 Å². The van der Waals surface area contributed by atoms with Gasteiger partial charge in [0, 0.05) is 18.8 Å². The van der Waals surface area contributed by atoms with Crippen LogP contribution >= 0.6 is 0 Å². The van der Waals surface area contributed by atoms with Crippen molar-refractivity contribution in [2.75, 3.05) is 6.61 Å². The van der Waals surface area contributed by atoms with Crippen LogP contribution in [0.15, 0.2) is 0 Å². The molecule has 0 aromatic carbocycles. The summed E-state index contributed by atoms with van der Waals surface area (Å²) in [5.41, 5.74) is 0.590. The molecule has 258 valence electrons. The molecule has 0 aromatic rings. The van der Waals surface area contributed by atoms with Crippen LogP contribution in [-0.2, 0) is 17.7 Å². The van der Waals surface area contributed by atoms with E-state index in [1.807, 2.05) is 0 Å². The van der Waals surface area contributed by atoms with Crippen molar-refractivity contribution in [2.45, 2.75) is 175 Å². The zero-order valence-electron chi connectivity index (χ0n) is 31.9. The van der Waals surface area contributed by atoms with Gasteiger partial charge in [0.2, 0.25) is 0 Å². The topological polar surface area (TPSA) is 36.9 Å². The zero-order chi connectivity index (χ0) is 33.1. The van der Waals surface area contributed by atoms with Crippen molar-refractivity contribution in [3.05, 3.63) is 0 Å². The average Bonchev–Trinajstić information content (AvgIpc) is 3.18. The summed E-state index contributed by atoms with van der Waals surface area (Å²) in [5.74, 6) is 4.17. The fourth-order valence-electron chi connectivity index (χ4n) is 10.8. The predicted molar refractivity (Wildman–Crippen MR) is 198 cm³/mol. The highest BCUT2D eigenvalue weighted by Crippen LogP contribution is 2.69. The second kappa shape index (κ2) is 13.2. The minimum absolute atomic E-state index is 0.225. The molecule has 0 aliphatic heterocycles. The zero-order valence-corrected chi connectivity index (χ0v) is 35.9. The molecule has 4 aliphatic rings. The first kappa shape index (κ1) is 37.5. The maximum Gasteiger partial charge on any atom is 0.184 e. The quantitative estimate of drug-likeness (QED) is 0.152. The molecule has 4 saturated carbocycles. The summed E-state index contributed by atoms with van der Waals surface area (Å²) in [5, 5.41) is 0. The number of hydrogen-bond donors (Lipinski definition) is 0. The molecule has 44 heavy (non-hydrogen) atoms. The molecule has 0 saturated heterocycles. The Morgan fingerprint density at radius 3 is 1.86 bits per heavy atom. The molecule has 0 radical (unpaired) electrons. The van der Waals surface area contributed by atoms with E-state index in [2.05, 4.69) is 99.3 Å². The predicted octanol–water partition coefficient (Wildman–Crippen LogP) is 10.8. The third kappa shape index (κ3) is 8.64. The molecule has 0 heterocycles. The van der Waals surface area contributed by atoms with Gasteiger partial charge in [-0.3, -0.25) is 0 Å². The molecule has 0 aromatic heterocycles. The lowest BCUT2D eigenvalue weighted by atomic mass is 9.43. The summed E-state index contributed by atoms with van der Waals surface area (Å²) < 4.78 is 27.8. The van der Waals surface area contributed by atoms with Crippen LogP contribution in [0.5, 0.6) is 0 Å². The fraction of sp³-hybridized carbons (Fsp3) is 1.00. The highest BCUT2D eigenvalue weighted by Gasteiger charge is 2.67. The highest BCUT2D eigenvalue weighted by molar-refractivity contribution is 6.70. The smallest absolute Gasteiger partial charge is 0.184 e. The average molecular weight is 683 g/mol. The maximum atomic E-state index is 7.41. The summed E-state index contributed by atoms with van der Waals surface area (Å²) in [6, 6.07) is 0. The number of fused-ring (bicyclic) bond motifs is 5. The van der Waals surface area contributed by atoms with Crippen LogP contribution < -0.4 is 0 Å². The van der Waals surface area contributed by atoms with Gasteiger partial charge in [-0.25, -0.2) is 0 Å². The van der Waals surface area contributed by atoms with Crippen molar-refractivity contribution in [1.82, 2.24) is 0 Å². The molecule has 4 nitrogen and oxygen atoms in total. The Balaban J connectivity index is 1.67. The Morgan fingerprint density at radius 1 is 0.682 bits per heavy atom. The van der Waals surface area contributed by atoms with Gasteiger partial charge in [0.15, 0.2) is 33.3 Å². The second-order valence-electron chi connectivity index (χ2n) is 20.2. The maximum absolute atomic E-state index is 7.41. The van der Waals surface area contributed by atoms with E-state index in [4.69, 9.17) is 17.7 Å². The van der Waals surface area contributed by atoms with Gasteiger partial charge in [0.25, 0.3) is 0 Å². The normalized spacial score (nSPS) is 40.7. The molecule has 0 bridgehead atoms. The Bertz CT molecular complexity index is 965. The van der Waals surface area contributed by atoms with E-state index in [-0.39, 0.29) is 5.41 Å². The first-order valence-corrected chi connectivity index (χ1v) is 32.2. The first-order chi connectivity index (χ1) is 19.9. The van der Waals surface area contributed by atoms with Crippen LogP contribution in [0.3, 0.4) is 0 Å². The molecule has 0 amide bonds. The standard InChI is InChI=1S/C36H74O4Si4/c1-26(17-16-22-37-41(4,5)6)29-18-19-30-34-31(25-33(36(29,30)3)40-44(13,14)15)35(2)21-20-28(38-42(7,8)9)23-27(35)24-32(34)39-43(10,11)12/h26-34H,16-25H2,1-15H3/t26?,27-,28+,29?,30?,31?,32?,33-,34?,35?,36?/m0/s1. The molecule has 11 atom stereocenters. The van der Waals surface area contributed by atoms with E-state index in [9.17, 15) is 0 Å². The van der Waals surface area contributed by atoms with Crippen molar-refractivity contribution in [3.63, 3.8) is 0 Å². The summed E-state index contributed by atoms with van der Waals surface area (Å²) in [6.45, 7) is 37.5. The number of hydrogen-bond acceptors (Lipinski definition) is 4. The molecule has 4 aliphatic carbocycles. The van der Waals surface area contributed by atoms with Crippen LogP contribution in [0, 0.1) is 46.3 Å². The van der Waals surface area contributed by atoms with Crippen molar-refractivity contribution in [2.24, 2.45) is 46.3 Å². The lowest BCUT2D eigenvalue weighted by Gasteiger charge is -2.66. The third-order valence-electron chi connectivity index (χ3n) is 12.3. The summed E-state index contributed by atoms with van der Waals surface area (Å²) in [4.78, 5) is 0. The summed E-state index contributed by atoms with van der Waals surface area (Å²) in [7, 11) is -6.48. The summed E-state index contributed by atoms with van der Waals surface area (Å²) >= 11 is 0. The molecular weight excluding hydrogens is 609 g/mol. The van der Waals surface area contributed by atoms with Gasteiger partial charge >= 0.3 is 0 Å². The van der Waals surface area contributed by atoms with E-state index in [1.54, 1.807) is 0 Å². The number of rotatable bonds is 12. The highest BCUT2D eigenvalue weighted by atomic mass is 28.4. The summed E-state index contributed by atoms with van der Waals surface area (Å²) in [6.07, 6.45) is 12.7. The molecule has 0 spiro atoms. The van der Waals surface area contributed by atoms with Gasteiger partial charge in [0.05, 0.1) is 6.10 Å². The lowest BCUT2D eigenvalue weighted by Crippen LogP contribution is -2.64. The molecule has 8 unspecified atom stereocenters. The van der Waals surface area contributed by atoms with Crippen LogP contribution in [-0.4, -0.2) is 58.2 Å². The van der Waals surface area contributed by atoms with Gasteiger partial charge in [-0.1, -0.05) is 20.8 Å². The third-order valence-corrected chi connectivity index (χ3v) is 16.4. The Kier molecular flexibility index (Phi) is 11.3. The molecular formula is C36H74O4Si4. The van der Waals surface area contributed by atoms with Crippen molar-refractivity contribution >= 4 is 33.3 Å². The van der Waals surface area contributed by atoms with Crippen LogP contribution in [0.1, 0.15) is 78.6 Å². The SMILES string of the molecule is CC(CCCO[Si](C)(C)C)C1CCC2C3C(O[Si](C)(C)C)C[C@@H]4C[C@H](O[Si](C)(C)C)CCC4(C)C3C[C@H](O[Si](C)(C)C)C12C. The minimum atomic E-state index is -1.74. The van der Waals surface area contributed by atoms with Crippen LogP contribution in [0.4, 0.5) is 0 Å². The van der Waals surface area contributed by atoms with Gasteiger partial charge < -0.3 is 17.7 Å². The molecule has 4 fully saturated rings. The Labute approximate surface area is 278 Å². The van der Waals surface area contributed by atoms with E-state index in [0.717, 1.165) is 12.5 Å². The van der Waals surface area contributed by atoms with Gasteiger partial charge in [-0.15, -0.1) is 0 Å². The van der Waals surface area contributed by atoms with Crippen molar-refractivity contribution in [1.29, 1.82) is 0 Å². The van der Waals surface area contributed by atoms with E-state index in [1.165, 1.54) is 57.8 Å². The largest absolute Gasteiger partial charge is 0.418 e. The monoisotopic (exact) mass is 682 g/mol. The molecule has 4 rings (SSSR count). The van der Waals surface area contributed by atoms with Gasteiger partial charge in [-0.05, 0) is 183 Å². The van der Waals surface area contributed by atoms with Gasteiger partial charge in [0.1, 0.15) is 0 Å². The Morgan fingerprint density at radius 2 is 1.30 bits per heavy atom. The fourth-order valence-corrected chi connectivity index (χ4v) is 15.2. The first-order valence-electron chi connectivity index (χ1n) is 18.6. The molecule has 0 N–H and O–H groups in total. The lowest BCUT2D eigenvalue weighted by molar-refractivity contribution is -0.199. The minimum Gasteiger partial charge on any atom is -0.418 e. The van der Waals surface area contributed by atoms with Crippen molar-refractivity contribution < 1.29 is 17.7 Å². The van der Waals surface area contributed by atoms with Crippen molar-refractivity contribution in [3.8, 4) is 0 Å². The van der Waals surface area contributed by atoms with Crippen LogP contribution in [0.25, 0.3) is 0 Å². The van der Waals surface area contributed by atoms with Gasteiger partial charge in [-0.2, -0.15) is 0 Å². The van der Waals surface area contributed by atoms with E-state index < -0.39 is 33.3 Å². The second-order valence-corrected chi connectivity index (χ2v) is 38.1. The van der Waals surface area contributed by atoms with E-state index >= 15 is 0 Å².